The molecule has 2 unspecified atom stereocenters. The predicted octanol–water partition coefficient (Wildman–Crippen LogP) is 3.81. The van der Waals surface area contributed by atoms with Gasteiger partial charge in [-0.25, -0.2) is 9.18 Å². The lowest BCUT2D eigenvalue weighted by Gasteiger charge is -2.37. The monoisotopic (exact) mass is 391 g/mol. The zero-order valence-electron chi connectivity index (χ0n) is 15.9. The van der Waals surface area contributed by atoms with Gasteiger partial charge in [0.15, 0.2) is 0 Å². The maximum atomic E-state index is 14.6. The summed E-state index contributed by atoms with van der Waals surface area (Å²) in [5.74, 6) is -0.273. The van der Waals surface area contributed by atoms with Crippen LogP contribution < -0.4 is 15.5 Å². The number of hydrogen-bond acceptors (Lipinski definition) is 4. The van der Waals surface area contributed by atoms with E-state index in [1.807, 2.05) is 43.9 Å². The number of thiophene rings is 1. The maximum absolute atomic E-state index is 14.6. The molecule has 0 spiro atoms. The number of halogens is 1. The van der Waals surface area contributed by atoms with E-state index in [9.17, 15) is 9.18 Å². The molecule has 27 heavy (non-hydrogen) atoms. The van der Waals surface area contributed by atoms with Crippen LogP contribution in [0.2, 0.25) is 0 Å². The minimum Gasteiger partial charge on any atom is -0.372 e. The lowest BCUT2D eigenvalue weighted by molar-refractivity contribution is -0.00539. The molecule has 1 fully saturated rings. The SMILES string of the molecule is Cc1ccc(CNC(=O)NCc2ccc(N3CC(C)OC(C)C3)c(F)c2)s1. The Bertz CT molecular complexity index is 785. The molecule has 7 heteroatoms. The number of urea groups is 1. The number of ether oxygens (including phenoxy) is 1. The molecule has 0 bridgehead atoms. The Morgan fingerprint density at radius 1 is 1.19 bits per heavy atom. The molecule has 146 valence electrons. The summed E-state index contributed by atoms with van der Waals surface area (Å²) in [7, 11) is 0. The van der Waals surface area contributed by atoms with Gasteiger partial charge in [-0.05, 0) is 50.6 Å². The summed E-state index contributed by atoms with van der Waals surface area (Å²) in [6, 6.07) is 8.89. The van der Waals surface area contributed by atoms with Gasteiger partial charge in [-0.2, -0.15) is 0 Å². The molecule has 3 rings (SSSR count). The number of carbonyl (C=O) groups excluding carboxylic acids is 1. The van der Waals surface area contributed by atoms with E-state index in [-0.39, 0.29) is 30.6 Å². The van der Waals surface area contributed by atoms with E-state index >= 15 is 0 Å². The van der Waals surface area contributed by atoms with Gasteiger partial charge in [0.2, 0.25) is 0 Å². The topological polar surface area (TPSA) is 53.6 Å². The van der Waals surface area contributed by atoms with E-state index in [1.54, 1.807) is 17.4 Å². The summed E-state index contributed by atoms with van der Waals surface area (Å²) in [4.78, 5) is 16.3. The molecule has 1 aromatic heterocycles. The second-order valence-electron chi connectivity index (χ2n) is 7.00. The van der Waals surface area contributed by atoms with Crippen LogP contribution in [0.5, 0.6) is 0 Å². The first kappa shape index (κ1) is 19.6. The number of nitrogens with one attached hydrogen (secondary N) is 2. The number of morpholine rings is 1. The van der Waals surface area contributed by atoms with Gasteiger partial charge in [-0.1, -0.05) is 6.07 Å². The summed E-state index contributed by atoms with van der Waals surface area (Å²) in [6.45, 7) is 8.13. The van der Waals surface area contributed by atoms with Crippen molar-refractivity contribution >= 4 is 23.1 Å². The number of aryl methyl sites for hydroxylation is 1. The van der Waals surface area contributed by atoms with Crippen LogP contribution in [-0.2, 0) is 17.8 Å². The van der Waals surface area contributed by atoms with Crippen LogP contribution >= 0.6 is 11.3 Å². The highest BCUT2D eigenvalue weighted by molar-refractivity contribution is 7.11. The van der Waals surface area contributed by atoms with E-state index in [4.69, 9.17) is 4.74 Å². The van der Waals surface area contributed by atoms with Gasteiger partial charge >= 0.3 is 6.03 Å². The van der Waals surface area contributed by atoms with Gasteiger partial charge < -0.3 is 20.3 Å². The van der Waals surface area contributed by atoms with Crippen LogP contribution in [0.25, 0.3) is 0 Å². The van der Waals surface area contributed by atoms with Crippen molar-refractivity contribution in [1.29, 1.82) is 0 Å². The smallest absolute Gasteiger partial charge is 0.315 e. The van der Waals surface area contributed by atoms with Crippen molar-refractivity contribution in [3.05, 3.63) is 51.5 Å². The fraction of sp³-hybridized carbons (Fsp3) is 0.450. The fourth-order valence-electron chi connectivity index (χ4n) is 3.28. The summed E-state index contributed by atoms with van der Waals surface area (Å²) in [6.07, 6.45) is 0.149. The van der Waals surface area contributed by atoms with Gasteiger partial charge in [-0.3, -0.25) is 0 Å². The van der Waals surface area contributed by atoms with Gasteiger partial charge in [0.25, 0.3) is 0 Å². The number of nitrogens with zero attached hydrogens (tertiary/aromatic N) is 1. The first-order valence-electron chi connectivity index (χ1n) is 9.16. The van der Waals surface area contributed by atoms with E-state index < -0.39 is 0 Å². The van der Waals surface area contributed by atoms with Crippen LogP contribution in [0.15, 0.2) is 30.3 Å². The fourth-order valence-corrected chi connectivity index (χ4v) is 4.11. The van der Waals surface area contributed by atoms with Crippen molar-refractivity contribution in [3.63, 3.8) is 0 Å². The number of hydrogen-bond donors (Lipinski definition) is 2. The van der Waals surface area contributed by atoms with Crippen molar-refractivity contribution < 1.29 is 13.9 Å². The Morgan fingerprint density at radius 3 is 2.52 bits per heavy atom. The van der Waals surface area contributed by atoms with E-state index in [1.165, 1.54) is 10.9 Å². The highest BCUT2D eigenvalue weighted by Crippen LogP contribution is 2.24. The van der Waals surface area contributed by atoms with E-state index in [0.29, 0.717) is 25.3 Å². The number of rotatable bonds is 5. The Kier molecular flexibility index (Phi) is 6.34. The van der Waals surface area contributed by atoms with E-state index in [0.717, 1.165) is 10.4 Å². The Labute approximate surface area is 163 Å². The molecular weight excluding hydrogens is 365 g/mol. The molecule has 2 heterocycles. The molecule has 0 saturated carbocycles. The molecule has 5 nitrogen and oxygen atoms in total. The zero-order chi connectivity index (χ0) is 19.4. The van der Waals surface area contributed by atoms with Crippen LogP contribution in [0.3, 0.4) is 0 Å². The average Bonchev–Trinajstić information content (AvgIpc) is 3.02. The molecule has 2 atom stereocenters. The second-order valence-corrected chi connectivity index (χ2v) is 8.37. The Hall–Kier alpha value is -2.12. The molecule has 1 aliphatic rings. The van der Waals surface area contributed by atoms with Gasteiger partial charge in [0.05, 0.1) is 24.4 Å². The third-order valence-corrected chi connectivity index (χ3v) is 5.45. The van der Waals surface area contributed by atoms with Crippen molar-refractivity contribution in [1.82, 2.24) is 10.6 Å². The quantitative estimate of drug-likeness (QED) is 0.815. The number of carbonyl (C=O) groups is 1. The third-order valence-electron chi connectivity index (χ3n) is 4.44. The molecule has 0 radical (unpaired) electrons. The van der Waals surface area contributed by atoms with Crippen molar-refractivity contribution in [2.24, 2.45) is 0 Å². The number of amides is 2. The maximum Gasteiger partial charge on any atom is 0.315 e. The molecular formula is C20H26FN3O2S. The largest absolute Gasteiger partial charge is 0.372 e. The lowest BCUT2D eigenvalue weighted by Crippen LogP contribution is -2.45. The van der Waals surface area contributed by atoms with Gasteiger partial charge in [0.1, 0.15) is 5.82 Å². The summed E-state index contributed by atoms with van der Waals surface area (Å²) in [5, 5.41) is 5.59. The highest BCUT2D eigenvalue weighted by Gasteiger charge is 2.24. The lowest BCUT2D eigenvalue weighted by atomic mass is 10.1. The summed E-state index contributed by atoms with van der Waals surface area (Å²) in [5.41, 5.74) is 1.31. The van der Waals surface area contributed by atoms with Crippen LogP contribution in [0.4, 0.5) is 14.9 Å². The predicted molar refractivity (Wildman–Crippen MR) is 107 cm³/mol. The van der Waals surface area contributed by atoms with E-state index in [2.05, 4.69) is 10.6 Å². The standard InChI is InChI=1S/C20H26FN3O2S/c1-13-11-24(12-14(2)26-13)19-7-5-16(8-18(19)21)9-22-20(25)23-10-17-6-4-15(3)27-17/h4-8,13-14H,9-12H2,1-3H3,(H2,22,23,25). The van der Waals surface area contributed by atoms with Crippen LogP contribution in [0, 0.1) is 12.7 Å². The first-order chi connectivity index (χ1) is 12.9. The summed E-state index contributed by atoms with van der Waals surface area (Å²) < 4.78 is 20.3. The molecule has 2 amide bonds. The molecule has 1 aromatic carbocycles. The molecule has 2 N–H and O–H groups in total. The second kappa shape index (κ2) is 8.71. The zero-order valence-corrected chi connectivity index (χ0v) is 16.7. The van der Waals surface area contributed by atoms with Crippen LogP contribution in [0.1, 0.15) is 29.2 Å². The Balaban J connectivity index is 1.52. The molecule has 0 aliphatic carbocycles. The summed E-state index contributed by atoms with van der Waals surface area (Å²) >= 11 is 1.66. The Morgan fingerprint density at radius 2 is 1.89 bits per heavy atom. The highest BCUT2D eigenvalue weighted by atomic mass is 32.1. The molecule has 1 saturated heterocycles. The average molecular weight is 392 g/mol. The number of anilines is 1. The molecule has 1 aliphatic heterocycles. The normalized spacial score (nSPS) is 19.8. The number of benzene rings is 1. The minimum atomic E-state index is -0.273. The van der Waals surface area contributed by atoms with Gasteiger partial charge in [0, 0.05) is 29.4 Å². The molecule has 2 aromatic rings. The van der Waals surface area contributed by atoms with Crippen LogP contribution in [-0.4, -0.2) is 31.3 Å². The third kappa shape index (κ3) is 5.43. The van der Waals surface area contributed by atoms with Crippen molar-refractivity contribution in [3.8, 4) is 0 Å². The van der Waals surface area contributed by atoms with Crippen molar-refractivity contribution in [2.45, 2.75) is 46.1 Å². The first-order valence-corrected chi connectivity index (χ1v) is 9.98. The van der Waals surface area contributed by atoms with Gasteiger partial charge in [-0.15, -0.1) is 11.3 Å². The minimum absolute atomic E-state index is 0.0744. The van der Waals surface area contributed by atoms with Crippen molar-refractivity contribution in [2.75, 3.05) is 18.0 Å².